The van der Waals surface area contributed by atoms with Crippen molar-refractivity contribution in [3.05, 3.63) is 35.6 Å². The lowest BCUT2D eigenvalue weighted by molar-refractivity contribution is 0.286. The molecule has 0 aliphatic carbocycles. The highest BCUT2D eigenvalue weighted by molar-refractivity contribution is 5.82. The molecule has 3 heteroatoms. The molecule has 0 saturated carbocycles. The summed E-state index contributed by atoms with van der Waals surface area (Å²) in [5, 5.41) is 13.4. The van der Waals surface area contributed by atoms with Crippen molar-refractivity contribution < 1.29 is 9.52 Å². The Morgan fingerprint density at radius 1 is 1.21 bits per heavy atom. The maximum absolute atomic E-state index is 8.81. The normalized spacial score (nSPS) is 11.3. The van der Waals surface area contributed by atoms with Gasteiger partial charge in [-0.2, -0.15) is 0 Å². The molecule has 0 fully saturated rings. The second-order valence-electron chi connectivity index (χ2n) is 4.86. The number of aliphatic hydroxyl groups is 1. The van der Waals surface area contributed by atoms with Gasteiger partial charge in [-0.05, 0) is 25.5 Å². The second kappa shape index (κ2) is 7.31. The van der Waals surface area contributed by atoms with E-state index in [9.17, 15) is 0 Å². The first kappa shape index (κ1) is 14.1. The average molecular weight is 261 g/mol. The molecule has 0 radical (unpaired) electrons. The minimum atomic E-state index is 0.238. The molecule has 0 spiro atoms. The van der Waals surface area contributed by atoms with Crippen LogP contribution in [0.4, 0.5) is 0 Å². The van der Waals surface area contributed by atoms with Crippen molar-refractivity contribution in [2.24, 2.45) is 0 Å². The predicted molar refractivity (Wildman–Crippen MR) is 78.2 cm³/mol. The van der Waals surface area contributed by atoms with Crippen LogP contribution in [0.15, 0.2) is 28.7 Å². The van der Waals surface area contributed by atoms with Crippen LogP contribution in [-0.2, 0) is 13.0 Å². The molecule has 104 valence electrons. The van der Waals surface area contributed by atoms with Gasteiger partial charge >= 0.3 is 0 Å². The van der Waals surface area contributed by atoms with E-state index in [0.717, 1.165) is 43.7 Å². The number of unbranched alkanes of at least 4 members (excludes halogenated alkanes) is 1. The van der Waals surface area contributed by atoms with Gasteiger partial charge in [-0.15, -0.1) is 0 Å². The molecule has 2 N–H and O–H groups in total. The van der Waals surface area contributed by atoms with E-state index in [1.165, 1.54) is 17.4 Å². The fourth-order valence-electron chi connectivity index (χ4n) is 2.30. The highest BCUT2D eigenvalue weighted by Crippen LogP contribution is 2.27. The summed E-state index contributed by atoms with van der Waals surface area (Å²) in [7, 11) is 0. The molecular weight excluding hydrogens is 238 g/mol. The molecule has 2 aromatic rings. The van der Waals surface area contributed by atoms with Gasteiger partial charge in [0.15, 0.2) is 0 Å². The molecule has 1 aromatic heterocycles. The van der Waals surface area contributed by atoms with Gasteiger partial charge in [0.25, 0.3) is 0 Å². The van der Waals surface area contributed by atoms with Crippen LogP contribution < -0.4 is 5.32 Å². The van der Waals surface area contributed by atoms with E-state index < -0.39 is 0 Å². The van der Waals surface area contributed by atoms with Crippen LogP contribution in [-0.4, -0.2) is 18.3 Å². The number of hydrogen-bond acceptors (Lipinski definition) is 3. The van der Waals surface area contributed by atoms with Crippen molar-refractivity contribution in [1.82, 2.24) is 5.32 Å². The highest BCUT2D eigenvalue weighted by Gasteiger charge is 2.12. The van der Waals surface area contributed by atoms with Gasteiger partial charge in [0.2, 0.25) is 0 Å². The van der Waals surface area contributed by atoms with Gasteiger partial charge in [-0.1, -0.05) is 31.5 Å². The van der Waals surface area contributed by atoms with Crippen LogP contribution >= 0.6 is 0 Å². The monoisotopic (exact) mass is 261 g/mol. The third-order valence-corrected chi connectivity index (χ3v) is 3.35. The molecule has 1 heterocycles. The largest absolute Gasteiger partial charge is 0.461 e. The number of aryl methyl sites for hydroxylation is 1. The van der Waals surface area contributed by atoms with Crippen molar-refractivity contribution in [1.29, 1.82) is 0 Å². The molecule has 0 aliphatic heterocycles. The van der Waals surface area contributed by atoms with Gasteiger partial charge in [0.1, 0.15) is 11.3 Å². The standard InChI is InChI=1S/C16H23NO2/c1-2-3-8-16-14(12-17-10-6-11-18)13-7-4-5-9-15(13)19-16/h4-5,7,9,17-18H,2-3,6,8,10-12H2,1H3. The summed E-state index contributed by atoms with van der Waals surface area (Å²) in [6.45, 7) is 4.09. The van der Waals surface area contributed by atoms with E-state index in [-0.39, 0.29) is 6.61 Å². The molecule has 0 saturated heterocycles. The van der Waals surface area contributed by atoms with Gasteiger partial charge in [-0.25, -0.2) is 0 Å². The fourth-order valence-corrected chi connectivity index (χ4v) is 2.30. The molecular formula is C16H23NO2. The Hall–Kier alpha value is -1.32. The minimum absolute atomic E-state index is 0.238. The van der Waals surface area contributed by atoms with Crippen LogP contribution in [0.25, 0.3) is 11.0 Å². The summed E-state index contributed by atoms with van der Waals surface area (Å²) in [4.78, 5) is 0. The summed E-state index contributed by atoms with van der Waals surface area (Å²) < 4.78 is 5.97. The molecule has 19 heavy (non-hydrogen) atoms. The molecule has 3 nitrogen and oxygen atoms in total. The Labute approximate surface area is 114 Å². The Bertz CT molecular complexity index is 504. The number of fused-ring (bicyclic) bond motifs is 1. The number of benzene rings is 1. The molecule has 0 atom stereocenters. The summed E-state index contributed by atoms with van der Waals surface area (Å²) in [6.07, 6.45) is 4.13. The van der Waals surface area contributed by atoms with Gasteiger partial charge < -0.3 is 14.8 Å². The van der Waals surface area contributed by atoms with Gasteiger partial charge in [0.05, 0.1) is 0 Å². The van der Waals surface area contributed by atoms with Crippen molar-refractivity contribution >= 4 is 11.0 Å². The van der Waals surface area contributed by atoms with Crippen molar-refractivity contribution in [3.8, 4) is 0 Å². The molecule has 0 bridgehead atoms. The van der Waals surface area contributed by atoms with E-state index in [1.54, 1.807) is 0 Å². The zero-order valence-corrected chi connectivity index (χ0v) is 11.6. The van der Waals surface area contributed by atoms with E-state index in [1.807, 2.05) is 12.1 Å². The molecule has 0 aliphatic rings. The third kappa shape index (κ3) is 3.58. The minimum Gasteiger partial charge on any atom is -0.461 e. The van der Waals surface area contributed by atoms with Gasteiger partial charge in [-0.3, -0.25) is 0 Å². The zero-order chi connectivity index (χ0) is 13.5. The summed E-state index contributed by atoms with van der Waals surface area (Å²) in [6, 6.07) is 8.22. The first-order valence-corrected chi connectivity index (χ1v) is 7.17. The maximum atomic E-state index is 8.81. The van der Waals surface area contributed by atoms with Crippen LogP contribution in [0.2, 0.25) is 0 Å². The first-order chi connectivity index (χ1) is 9.36. The average Bonchev–Trinajstić information content (AvgIpc) is 2.79. The Kier molecular flexibility index (Phi) is 5.43. The number of hydrogen-bond donors (Lipinski definition) is 2. The molecule has 0 amide bonds. The van der Waals surface area contributed by atoms with Crippen LogP contribution in [0.3, 0.4) is 0 Å². The SMILES string of the molecule is CCCCc1oc2ccccc2c1CNCCCO. The molecule has 0 unspecified atom stereocenters. The Morgan fingerprint density at radius 3 is 2.84 bits per heavy atom. The third-order valence-electron chi connectivity index (χ3n) is 3.35. The second-order valence-corrected chi connectivity index (χ2v) is 4.86. The number of rotatable bonds is 8. The number of furan rings is 1. The van der Waals surface area contributed by atoms with Crippen molar-refractivity contribution in [2.45, 2.75) is 39.2 Å². The number of para-hydroxylation sites is 1. The Balaban J connectivity index is 2.16. The van der Waals surface area contributed by atoms with Crippen LogP contribution in [0.5, 0.6) is 0 Å². The van der Waals surface area contributed by atoms with Crippen LogP contribution in [0, 0.1) is 0 Å². The lowest BCUT2D eigenvalue weighted by Crippen LogP contribution is -2.16. The summed E-state index contributed by atoms with van der Waals surface area (Å²) >= 11 is 0. The maximum Gasteiger partial charge on any atom is 0.134 e. The highest BCUT2D eigenvalue weighted by atomic mass is 16.3. The van der Waals surface area contributed by atoms with E-state index in [4.69, 9.17) is 9.52 Å². The van der Waals surface area contributed by atoms with Crippen molar-refractivity contribution in [2.75, 3.05) is 13.2 Å². The summed E-state index contributed by atoms with van der Waals surface area (Å²) in [5.41, 5.74) is 2.26. The van der Waals surface area contributed by atoms with Gasteiger partial charge in [0, 0.05) is 30.5 Å². The zero-order valence-electron chi connectivity index (χ0n) is 11.6. The number of aliphatic hydroxyl groups excluding tert-OH is 1. The number of nitrogens with one attached hydrogen (secondary N) is 1. The Morgan fingerprint density at radius 2 is 2.05 bits per heavy atom. The van der Waals surface area contributed by atoms with Crippen LogP contribution in [0.1, 0.15) is 37.5 Å². The van der Waals surface area contributed by atoms with E-state index in [0.29, 0.717) is 0 Å². The fraction of sp³-hybridized carbons (Fsp3) is 0.500. The molecule has 1 aromatic carbocycles. The van der Waals surface area contributed by atoms with Crippen molar-refractivity contribution in [3.63, 3.8) is 0 Å². The first-order valence-electron chi connectivity index (χ1n) is 7.17. The summed E-state index contributed by atoms with van der Waals surface area (Å²) in [5.74, 6) is 1.11. The van der Waals surface area contributed by atoms with E-state index >= 15 is 0 Å². The topological polar surface area (TPSA) is 45.4 Å². The lowest BCUT2D eigenvalue weighted by atomic mass is 10.1. The van der Waals surface area contributed by atoms with E-state index in [2.05, 4.69) is 24.4 Å². The smallest absolute Gasteiger partial charge is 0.134 e. The lowest BCUT2D eigenvalue weighted by Gasteiger charge is -2.05. The molecule has 2 rings (SSSR count). The quantitative estimate of drug-likeness (QED) is 0.717. The predicted octanol–water partition coefficient (Wildman–Crippen LogP) is 3.25.